The van der Waals surface area contributed by atoms with E-state index in [0.717, 1.165) is 42.9 Å². The van der Waals surface area contributed by atoms with Crippen LogP contribution in [0, 0.1) is 0 Å². The number of piperidine rings is 1. The molecule has 1 aliphatic carbocycles. The van der Waals surface area contributed by atoms with E-state index in [2.05, 4.69) is 26.1 Å². The lowest BCUT2D eigenvalue weighted by Crippen LogP contribution is -2.44. The molecule has 0 spiro atoms. The van der Waals surface area contributed by atoms with Crippen LogP contribution in [0.4, 0.5) is 5.82 Å². The predicted octanol–water partition coefficient (Wildman–Crippen LogP) is 1.57. The van der Waals surface area contributed by atoms with Crippen LogP contribution in [0.3, 0.4) is 0 Å². The summed E-state index contributed by atoms with van der Waals surface area (Å²) in [7, 11) is 1.33. The molecule has 25 heavy (non-hydrogen) atoms. The van der Waals surface area contributed by atoms with E-state index in [-0.39, 0.29) is 24.3 Å². The molecule has 132 valence electrons. The summed E-state index contributed by atoms with van der Waals surface area (Å²) in [6.45, 7) is 1.34. The molecule has 0 saturated carbocycles. The Morgan fingerprint density at radius 3 is 3.16 bits per heavy atom. The molecular formula is C18H22N4O3. The predicted molar refractivity (Wildman–Crippen MR) is 93.8 cm³/mol. The van der Waals surface area contributed by atoms with E-state index < -0.39 is 0 Å². The van der Waals surface area contributed by atoms with Gasteiger partial charge in [0.25, 0.3) is 0 Å². The van der Waals surface area contributed by atoms with E-state index in [4.69, 9.17) is 0 Å². The summed E-state index contributed by atoms with van der Waals surface area (Å²) in [4.78, 5) is 33.8. The maximum absolute atomic E-state index is 12.3. The van der Waals surface area contributed by atoms with Gasteiger partial charge in [0.15, 0.2) is 0 Å². The SMILES string of the molecule is COC(=O)C/C=C/C(=O)N1CCC[C@@H](Nc2ncnc3c2CC=C3)C1. The fourth-order valence-corrected chi connectivity index (χ4v) is 3.12. The van der Waals surface area contributed by atoms with Gasteiger partial charge in [0.05, 0.1) is 19.2 Å². The molecule has 2 heterocycles. The van der Waals surface area contributed by atoms with Crippen molar-refractivity contribution >= 4 is 23.8 Å². The van der Waals surface area contributed by atoms with Gasteiger partial charge in [-0.15, -0.1) is 0 Å². The number of carbonyl (C=O) groups is 2. The van der Waals surface area contributed by atoms with E-state index in [1.54, 1.807) is 17.3 Å². The van der Waals surface area contributed by atoms with E-state index in [9.17, 15) is 9.59 Å². The van der Waals surface area contributed by atoms with E-state index in [0.29, 0.717) is 6.54 Å². The number of carbonyl (C=O) groups excluding carboxylic acids is 2. The Labute approximate surface area is 146 Å². The maximum atomic E-state index is 12.3. The number of rotatable bonds is 5. The van der Waals surface area contributed by atoms with Gasteiger partial charge < -0.3 is 15.0 Å². The van der Waals surface area contributed by atoms with Crippen LogP contribution >= 0.6 is 0 Å². The number of anilines is 1. The van der Waals surface area contributed by atoms with Crippen molar-refractivity contribution in [2.45, 2.75) is 31.7 Å². The zero-order valence-corrected chi connectivity index (χ0v) is 14.3. The molecule has 1 saturated heterocycles. The monoisotopic (exact) mass is 342 g/mol. The number of nitrogens with zero attached hydrogens (tertiary/aromatic N) is 3. The second-order valence-corrected chi connectivity index (χ2v) is 6.14. The fourth-order valence-electron chi connectivity index (χ4n) is 3.12. The molecule has 1 fully saturated rings. The molecule has 3 rings (SSSR count). The van der Waals surface area contributed by atoms with E-state index in [1.807, 2.05) is 6.08 Å². The second kappa shape index (κ2) is 7.92. The third kappa shape index (κ3) is 4.23. The molecule has 0 unspecified atom stereocenters. The Kier molecular flexibility index (Phi) is 5.42. The molecule has 1 aromatic heterocycles. The van der Waals surface area contributed by atoms with Gasteiger partial charge in [-0.2, -0.15) is 0 Å². The minimum atomic E-state index is -0.353. The van der Waals surface area contributed by atoms with Crippen molar-refractivity contribution in [2.24, 2.45) is 0 Å². The number of nitrogens with one attached hydrogen (secondary N) is 1. The number of ether oxygens (including phenoxy) is 1. The van der Waals surface area contributed by atoms with Crippen molar-refractivity contribution < 1.29 is 14.3 Å². The quantitative estimate of drug-likeness (QED) is 0.646. The van der Waals surface area contributed by atoms with Crippen molar-refractivity contribution in [3.05, 3.63) is 35.8 Å². The van der Waals surface area contributed by atoms with Crippen LogP contribution in [-0.4, -0.2) is 53.0 Å². The molecule has 1 aromatic rings. The lowest BCUT2D eigenvalue weighted by Gasteiger charge is -2.33. The number of aromatic nitrogens is 2. The number of allylic oxidation sites excluding steroid dienone is 1. The first kappa shape index (κ1) is 17.1. The van der Waals surface area contributed by atoms with Gasteiger partial charge in [-0.3, -0.25) is 9.59 Å². The Bertz CT molecular complexity index is 714. The van der Waals surface area contributed by atoms with Crippen molar-refractivity contribution in [3.63, 3.8) is 0 Å². The van der Waals surface area contributed by atoms with Gasteiger partial charge in [-0.05, 0) is 31.4 Å². The smallest absolute Gasteiger partial charge is 0.309 e. The lowest BCUT2D eigenvalue weighted by atomic mass is 10.0. The Morgan fingerprint density at radius 2 is 2.32 bits per heavy atom. The summed E-state index contributed by atoms with van der Waals surface area (Å²) in [5.41, 5.74) is 2.08. The number of amides is 1. The number of likely N-dealkylation sites (tertiary alicyclic amines) is 1. The van der Waals surface area contributed by atoms with Gasteiger partial charge in [-0.1, -0.05) is 12.2 Å². The summed E-state index contributed by atoms with van der Waals surface area (Å²) < 4.78 is 4.56. The van der Waals surface area contributed by atoms with Crippen molar-refractivity contribution in [3.8, 4) is 0 Å². The van der Waals surface area contributed by atoms with Crippen LogP contribution < -0.4 is 5.32 Å². The Morgan fingerprint density at radius 1 is 1.44 bits per heavy atom. The summed E-state index contributed by atoms with van der Waals surface area (Å²) >= 11 is 0. The highest BCUT2D eigenvalue weighted by atomic mass is 16.5. The summed E-state index contributed by atoms with van der Waals surface area (Å²) in [5.74, 6) is 0.425. The van der Waals surface area contributed by atoms with Crippen LogP contribution in [0.25, 0.3) is 6.08 Å². The van der Waals surface area contributed by atoms with Crippen LogP contribution in [0.5, 0.6) is 0 Å². The van der Waals surface area contributed by atoms with Gasteiger partial charge in [0, 0.05) is 24.7 Å². The first-order chi connectivity index (χ1) is 12.2. The first-order valence-electron chi connectivity index (χ1n) is 8.46. The van der Waals surface area contributed by atoms with E-state index in [1.165, 1.54) is 13.2 Å². The second-order valence-electron chi connectivity index (χ2n) is 6.14. The topological polar surface area (TPSA) is 84.4 Å². The molecule has 0 bridgehead atoms. The third-order valence-electron chi connectivity index (χ3n) is 4.42. The van der Waals surface area contributed by atoms with Crippen LogP contribution in [0.1, 0.15) is 30.5 Å². The fraction of sp³-hybridized carbons (Fsp3) is 0.444. The molecule has 7 heteroatoms. The molecule has 2 aliphatic rings. The molecular weight excluding hydrogens is 320 g/mol. The maximum Gasteiger partial charge on any atom is 0.309 e. The van der Waals surface area contributed by atoms with Crippen molar-refractivity contribution in [2.75, 3.05) is 25.5 Å². The molecule has 1 atom stereocenters. The Balaban J connectivity index is 1.57. The number of hydrogen-bond acceptors (Lipinski definition) is 6. The van der Waals surface area contributed by atoms with Crippen LogP contribution in [0.2, 0.25) is 0 Å². The van der Waals surface area contributed by atoms with Crippen molar-refractivity contribution in [1.82, 2.24) is 14.9 Å². The minimum absolute atomic E-state index is 0.0787. The average Bonchev–Trinajstić information content (AvgIpc) is 3.11. The van der Waals surface area contributed by atoms with Gasteiger partial charge in [-0.25, -0.2) is 9.97 Å². The first-order valence-corrected chi connectivity index (χ1v) is 8.46. The highest BCUT2D eigenvalue weighted by Gasteiger charge is 2.24. The molecule has 1 aliphatic heterocycles. The van der Waals surface area contributed by atoms with Gasteiger partial charge >= 0.3 is 5.97 Å². The normalized spacial score (nSPS) is 19.1. The molecule has 7 nitrogen and oxygen atoms in total. The summed E-state index contributed by atoms with van der Waals surface area (Å²) in [6, 6.07) is 0.159. The highest BCUT2D eigenvalue weighted by Crippen LogP contribution is 2.25. The average molecular weight is 342 g/mol. The zero-order valence-electron chi connectivity index (χ0n) is 14.3. The Hall–Kier alpha value is -2.70. The van der Waals surface area contributed by atoms with Crippen LogP contribution in [0.15, 0.2) is 24.6 Å². The minimum Gasteiger partial charge on any atom is -0.469 e. The molecule has 0 radical (unpaired) electrons. The summed E-state index contributed by atoms with van der Waals surface area (Å²) in [6.07, 6.45) is 11.5. The third-order valence-corrected chi connectivity index (χ3v) is 4.42. The number of methoxy groups -OCH3 is 1. The lowest BCUT2D eigenvalue weighted by molar-refractivity contribution is -0.139. The van der Waals surface area contributed by atoms with Gasteiger partial charge in [0.2, 0.25) is 5.91 Å². The van der Waals surface area contributed by atoms with Crippen LogP contribution in [-0.2, 0) is 20.7 Å². The molecule has 1 N–H and O–H groups in total. The van der Waals surface area contributed by atoms with Gasteiger partial charge in [0.1, 0.15) is 12.1 Å². The largest absolute Gasteiger partial charge is 0.469 e. The number of fused-ring (bicyclic) bond motifs is 1. The molecule has 0 aromatic carbocycles. The molecule has 1 amide bonds. The zero-order chi connectivity index (χ0) is 17.6. The van der Waals surface area contributed by atoms with E-state index >= 15 is 0 Å². The summed E-state index contributed by atoms with van der Waals surface area (Å²) in [5, 5.41) is 3.47. The number of esters is 1. The standard InChI is InChI=1S/C18H22N4O3/c1-25-17(24)9-3-8-16(23)22-10-4-5-13(11-22)21-18-14-6-2-7-15(14)19-12-20-18/h2-3,7-8,12-13H,4-6,9-11H2,1H3,(H,19,20,21)/b8-3+/t13-/m1/s1. The number of hydrogen-bond donors (Lipinski definition) is 1. The van der Waals surface area contributed by atoms with Crippen molar-refractivity contribution in [1.29, 1.82) is 0 Å². The highest BCUT2D eigenvalue weighted by molar-refractivity contribution is 5.88.